The summed E-state index contributed by atoms with van der Waals surface area (Å²) < 4.78 is 11.3. The molecule has 3 atom stereocenters. The van der Waals surface area contributed by atoms with Crippen LogP contribution in [0.2, 0.25) is 0 Å². The van der Waals surface area contributed by atoms with Gasteiger partial charge in [0.15, 0.2) is 0 Å². The van der Waals surface area contributed by atoms with Crippen LogP contribution in [0.4, 0.5) is 0 Å². The van der Waals surface area contributed by atoms with Crippen LogP contribution in [0.25, 0.3) is 11.1 Å². The maximum atomic E-state index is 6.05. The molecule has 0 bridgehead atoms. The highest BCUT2D eigenvalue weighted by Crippen LogP contribution is 2.61. The van der Waals surface area contributed by atoms with Gasteiger partial charge in [-0.15, -0.1) is 0 Å². The third kappa shape index (κ3) is 1.49. The van der Waals surface area contributed by atoms with Crippen LogP contribution in [-0.2, 0) is 0 Å². The van der Waals surface area contributed by atoms with Crippen LogP contribution in [0.1, 0.15) is 36.8 Å². The number of rotatable bonds is 2. The van der Waals surface area contributed by atoms with Gasteiger partial charge in [-0.05, 0) is 37.5 Å². The molecule has 2 aromatic rings. The van der Waals surface area contributed by atoms with Crippen molar-refractivity contribution < 1.29 is 9.26 Å². The lowest BCUT2D eigenvalue weighted by atomic mass is 9.97. The van der Waals surface area contributed by atoms with E-state index in [-0.39, 0.29) is 0 Å². The average Bonchev–Trinajstić information content (AvgIpc) is 2.86. The number of benzene rings is 1. The van der Waals surface area contributed by atoms with Gasteiger partial charge in [-0.2, -0.15) is 0 Å². The second-order valence-electron chi connectivity index (χ2n) is 6.38. The van der Waals surface area contributed by atoms with Crippen LogP contribution < -0.4 is 4.74 Å². The van der Waals surface area contributed by atoms with E-state index in [1.165, 1.54) is 11.1 Å². The Kier molecular flexibility index (Phi) is 2.33. The third-order valence-corrected chi connectivity index (χ3v) is 4.73. The van der Waals surface area contributed by atoms with Gasteiger partial charge >= 0.3 is 0 Å². The minimum atomic E-state index is 0.407. The molecule has 1 fully saturated rings. The van der Waals surface area contributed by atoms with Crippen molar-refractivity contribution in [3.05, 3.63) is 35.2 Å². The summed E-state index contributed by atoms with van der Waals surface area (Å²) in [4.78, 5) is 0. The molecule has 3 unspecified atom stereocenters. The predicted octanol–water partition coefficient (Wildman–Crippen LogP) is 4.09. The number of aryl methyl sites for hydroxylation is 2. The van der Waals surface area contributed by atoms with E-state index < -0.39 is 0 Å². The smallest absolute Gasteiger partial charge is 0.141 e. The third-order valence-electron chi connectivity index (χ3n) is 4.73. The summed E-state index contributed by atoms with van der Waals surface area (Å²) in [6, 6.07) is 6.48. The van der Waals surface area contributed by atoms with Crippen LogP contribution in [0, 0.1) is 25.7 Å². The Morgan fingerprint density at radius 1 is 1.20 bits per heavy atom. The second-order valence-corrected chi connectivity index (χ2v) is 6.38. The van der Waals surface area contributed by atoms with E-state index in [0.29, 0.717) is 23.9 Å². The highest BCUT2D eigenvalue weighted by Gasteiger charge is 2.59. The Morgan fingerprint density at radius 3 is 2.65 bits per heavy atom. The van der Waals surface area contributed by atoms with Gasteiger partial charge in [0.05, 0.1) is 5.69 Å². The zero-order valence-electron chi connectivity index (χ0n) is 12.3. The number of ether oxygens (including phenoxy) is 1. The predicted molar refractivity (Wildman–Crippen MR) is 76.9 cm³/mol. The monoisotopic (exact) mass is 269 g/mol. The molecule has 3 heteroatoms. The van der Waals surface area contributed by atoms with Crippen molar-refractivity contribution in [3.8, 4) is 16.9 Å². The number of fused-ring (bicyclic) bond motifs is 3. The van der Waals surface area contributed by atoms with Crippen LogP contribution in [-0.4, -0.2) is 11.3 Å². The summed E-state index contributed by atoms with van der Waals surface area (Å²) in [6.07, 6.45) is 0.407. The lowest BCUT2D eigenvalue weighted by molar-refractivity contribution is 0.277. The molecule has 1 aromatic carbocycles. The van der Waals surface area contributed by atoms with Crippen molar-refractivity contribution in [2.75, 3.05) is 0 Å². The molecular formula is C17H19NO2. The van der Waals surface area contributed by atoms with Crippen LogP contribution in [0.15, 0.2) is 22.7 Å². The van der Waals surface area contributed by atoms with Gasteiger partial charge in [-0.1, -0.05) is 25.1 Å². The van der Waals surface area contributed by atoms with Crippen LogP contribution in [0.5, 0.6) is 5.75 Å². The molecule has 104 valence electrons. The van der Waals surface area contributed by atoms with E-state index in [0.717, 1.165) is 22.8 Å². The Bertz CT molecular complexity index is 667. The highest BCUT2D eigenvalue weighted by molar-refractivity contribution is 5.70. The Balaban J connectivity index is 1.76. The van der Waals surface area contributed by atoms with E-state index in [4.69, 9.17) is 9.26 Å². The van der Waals surface area contributed by atoms with Crippen molar-refractivity contribution in [2.45, 2.75) is 39.7 Å². The lowest BCUT2D eigenvalue weighted by Gasteiger charge is -2.12. The molecule has 0 amide bonds. The molecular weight excluding hydrogens is 250 g/mol. The fourth-order valence-electron chi connectivity index (χ4n) is 3.75. The van der Waals surface area contributed by atoms with Gasteiger partial charge in [0.1, 0.15) is 17.6 Å². The molecule has 0 saturated heterocycles. The fourth-order valence-corrected chi connectivity index (χ4v) is 3.75. The van der Waals surface area contributed by atoms with Gasteiger partial charge in [-0.25, -0.2) is 0 Å². The molecule has 2 aliphatic rings. The summed E-state index contributed by atoms with van der Waals surface area (Å²) in [6.45, 7) is 8.52. The van der Waals surface area contributed by atoms with E-state index in [1.54, 1.807) is 0 Å². The number of aromatic nitrogens is 1. The molecule has 0 N–H and O–H groups in total. The summed E-state index contributed by atoms with van der Waals surface area (Å²) >= 11 is 0. The Morgan fingerprint density at radius 2 is 2.00 bits per heavy atom. The van der Waals surface area contributed by atoms with E-state index in [9.17, 15) is 0 Å². The van der Waals surface area contributed by atoms with Crippen LogP contribution >= 0.6 is 0 Å². The first-order valence-electron chi connectivity index (χ1n) is 7.31. The molecule has 20 heavy (non-hydrogen) atoms. The first-order chi connectivity index (χ1) is 9.58. The molecule has 3 nitrogen and oxygen atoms in total. The zero-order valence-corrected chi connectivity index (χ0v) is 12.3. The Hall–Kier alpha value is -1.77. The zero-order chi connectivity index (χ0) is 14.0. The van der Waals surface area contributed by atoms with Crippen molar-refractivity contribution in [3.63, 3.8) is 0 Å². The normalized spacial score (nSPS) is 26.4. The minimum Gasteiger partial charge on any atom is -0.489 e. The average molecular weight is 269 g/mol. The van der Waals surface area contributed by atoms with Gasteiger partial charge in [-0.3, -0.25) is 0 Å². The number of hydrogen-bond donors (Lipinski definition) is 0. The molecule has 0 spiro atoms. The van der Waals surface area contributed by atoms with E-state index in [1.807, 2.05) is 13.8 Å². The summed E-state index contributed by atoms with van der Waals surface area (Å²) in [5, 5.41) is 4.05. The van der Waals surface area contributed by atoms with Crippen molar-refractivity contribution in [1.82, 2.24) is 5.16 Å². The first-order valence-corrected chi connectivity index (χ1v) is 7.31. The maximum Gasteiger partial charge on any atom is 0.141 e. The standard InChI is InChI=1S/C17H19NO2/c1-8(2)14-16-12-7-11(5-6-13(12)19-17(14)16)15-9(3)18-20-10(15)4/h5-8,14,16-17H,1-4H3. The molecule has 1 aliphatic carbocycles. The van der Waals surface area contributed by atoms with E-state index in [2.05, 4.69) is 37.2 Å². The van der Waals surface area contributed by atoms with Gasteiger partial charge in [0.25, 0.3) is 0 Å². The largest absolute Gasteiger partial charge is 0.489 e. The highest BCUT2D eigenvalue weighted by atomic mass is 16.5. The summed E-state index contributed by atoms with van der Waals surface area (Å²) in [5.41, 5.74) is 4.64. The van der Waals surface area contributed by atoms with E-state index >= 15 is 0 Å². The first kappa shape index (κ1) is 12.0. The number of nitrogens with zero attached hydrogens (tertiary/aromatic N) is 1. The number of hydrogen-bond acceptors (Lipinski definition) is 3. The summed E-state index contributed by atoms with van der Waals surface area (Å²) in [5.74, 6) is 3.90. The lowest BCUT2D eigenvalue weighted by Crippen LogP contribution is -2.04. The van der Waals surface area contributed by atoms with Crippen LogP contribution in [0.3, 0.4) is 0 Å². The van der Waals surface area contributed by atoms with Crippen molar-refractivity contribution in [1.29, 1.82) is 0 Å². The quantitative estimate of drug-likeness (QED) is 0.823. The molecule has 1 saturated carbocycles. The SMILES string of the molecule is Cc1noc(C)c1-c1ccc2c(c1)C1C(O2)C1C(C)C. The van der Waals surface area contributed by atoms with Gasteiger partial charge in [0.2, 0.25) is 0 Å². The summed E-state index contributed by atoms with van der Waals surface area (Å²) in [7, 11) is 0. The molecule has 2 heterocycles. The second kappa shape index (κ2) is 3.87. The van der Waals surface area contributed by atoms with Crippen molar-refractivity contribution in [2.24, 2.45) is 11.8 Å². The Labute approximate surface area is 118 Å². The molecule has 4 rings (SSSR count). The maximum absolute atomic E-state index is 6.05. The topological polar surface area (TPSA) is 35.3 Å². The van der Waals surface area contributed by atoms with Gasteiger partial charge < -0.3 is 9.26 Å². The van der Waals surface area contributed by atoms with Gasteiger partial charge in [0, 0.05) is 23.0 Å². The molecule has 1 aliphatic heterocycles. The fraction of sp³-hybridized carbons (Fsp3) is 0.471. The molecule has 1 aromatic heterocycles. The molecule has 0 radical (unpaired) electrons. The minimum absolute atomic E-state index is 0.407. The van der Waals surface area contributed by atoms with Crippen molar-refractivity contribution >= 4 is 0 Å².